The lowest BCUT2D eigenvalue weighted by Crippen LogP contribution is -2.39. The lowest BCUT2D eigenvalue weighted by Gasteiger charge is -2.32. The molecular formula is C17H27N2O4PS. The van der Waals surface area contributed by atoms with Gasteiger partial charge in [0.1, 0.15) is 6.04 Å². The number of para-hydroxylation sites is 1. The van der Waals surface area contributed by atoms with Crippen LogP contribution in [0.4, 0.5) is 5.69 Å². The van der Waals surface area contributed by atoms with Gasteiger partial charge in [0.05, 0.1) is 12.2 Å². The van der Waals surface area contributed by atoms with Crippen molar-refractivity contribution in [2.24, 2.45) is 0 Å². The van der Waals surface area contributed by atoms with Crippen molar-refractivity contribution >= 4 is 32.0 Å². The molecule has 1 saturated heterocycles. The molecule has 1 aromatic carbocycles. The van der Waals surface area contributed by atoms with Gasteiger partial charge < -0.3 is 5.32 Å². The van der Waals surface area contributed by atoms with Crippen molar-refractivity contribution in [3.05, 3.63) is 30.3 Å². The summed E-state index contributed by atoms with van der Waals surface area (Å²) < 4.78 is 26.3. The lowest BCUT2D eigenvalue weighted by atomic mass is 10.2. The van der Waals surface area contributed by atoms with Crippen LogP contribution in [-0.2, 0) is 18.4 Å². The number of nitrogens with zero attached hydrogens (tertiary/aromatic N) is 1. The number of anilines is 1. The quantitative estimate of drug-likeness (QED) is 0.549. The first-order valence-corrected chi connectivity index (χ1v) is 10.5. The molecule has 0 spiro atoms. The molecule has 1 aromatic rings. The molecule has 1 N–H and O–H groups in total. The van der Waals surface area contributed by atoms with Gasteiger partial charge in [-0.05, 0) is 46.2 Å². The van der Waals surface area contributed by atoms with E-state index in [2.05, 4.69) is 17.9 Å². The highest BCUT2D eigenvalue weighted by Gasteiger charge is 2.48. The zero-order valence-electron chi connectivity index (χ0n) is 15.1. The standard InChI is InChI=1S/C17H27N2O4PS/c1-12(2)22-24(21,23-13(3)4)19-11-15(25)10-16(19)17(20)18-14-8-6-5-7-9-14/h5-9,12-13,15-16,25H,10-11H2,1-4H3,(H,18,20)/t15-,16-/m0/s1. The average molecular weight is 386 g/mol. The van der Waals surface area contributed by atoms with Crippen LogP contribution in [0.15, 0.2) is 30.3 Å². The van der Waals surface area contributed by atoms with Gasteiger partial charge in [0.15, 0.2) is 0 Å². The number of carbonyl (C=O) groups excluding carboxylic acids is 1. The summed E-state index contributed by atoms with van der Waals surface area (Å²) in [5.74, 6) is -0.234. The summed E-state index contributed by atoms with van der Waals surface area (Å²) in [4.78, 5) is 12.8. The van der Waals surface area contributed by atoms with Crippen molar-refractivity contribution in [3.8, 4) is 0 Å². The Kier molecular flexibility index (Phi) is 7.11. The van der Waals surface area contributed by atoms with E-state index in [1.807, 2.05) is 30.3 Å². The highest BCUT2D eigenvalue weighted by Crippen LogP contribution is 2.57. The fourth-order valence-corrected chi connectivity index (χ4v) is 5.54. The highest BCUT2D eigenvalue weighted by atomic mass is 32.1. The van der Waals surface area contributed by atoms with E-state index >= 15 is 0 Å². The molecule has 0 radical (unpaired) electrons. The van der Waals surface area contributed by atoms with Crippen molar-refractivity contribution in [2.75, 3.05) is 11.9 Å². The van der Waals surface area contributed by atoms with E-state index in [0.717, 1.165) is 0 Å². The summed E-state index contributed by atoms with van der Waals surface area (Å²) in [6.45, 7) is 7.55. The Labute approximate surface area is 155 Å². The average Bonchev–Trinajstić information content (AvgIpc) is 2.89. The SMILES string of the molecule is CC(C)OP(=O)(OC(C)C)N1C[C@@H](S)C[C@H]1C(=O)Nc1ccccc1. The second kappa shape index (κ2) is 8.69. The molecule has 2 atom stereocenters. The molecule has 0 unspecified atom stereocenters. The summed E-state index contributed by atoms with van der Waals surface area (Å²) in [5.41, 5.74) is 0.694. The Hall–Kier alpha value is -0.850. The number of carbonyl (C=O) groups is 1. The van der Waals surface area contributed by atoms with Gasteiger partial charge in [0.25, 0.3) is 0 Å². The van der Waals surface area contributed by atoms with Crippen LogP contribution in [0, 0.1) is 0 Å². The van der Waals surface area contributed by atoms with Gasteiger partial charge in [-0.15, -0.1) is 0 Å². The third-order valence-electron chi connectivity index (χ3n) is 3.60. The first-order chi connectivity index (χ1) is 11.7. The van der Waals surface area contributed by atoms with Crippen LogP contribution < -0.4 is 5.32 Å². The molecule has 8 heteroatoms. The molecule has 0 aromatic heterocycles. The van der Waals surface area contributed by atoms with Crippen LogP contribution in [0.25, 0.3) is 0 Å². The minimum Gasteiger partial charge on any atom is -0.325 e. The maximum Gasteiger partial charge on any atom is 0.409 e. The molecule has 2 rings (SSSR count). The number of thiol groups is 1. The van der Waals surface area contributed by atoms with Crippen LogP contribution in [-0.4, -0.2) is 40.6 Å². The Bertz CT molecular complexity index is 612. The third-order valence-corrected chi connectivity index (χ3v) is 6.42. The van der Waals surface area contributed by atoms with Crippen LogP contribution in [0.5, 0.6) is 0 Å². The molecule has 0 saturated carbocycles. The van der Waals surface area contributed by atoms with Crippen molar-refractivity contribution in [1.29, 1.82) is 0 Å². The maximum absolute atomic E-state index is 13.4. The fourth-order valence-electron chi connectivity index (χ4n) is 2.74. The van der Waals surface area contributed by atoms with E-state index in [9.17, 15) is 9.36 Å². The third kappa shape index (κ3) is 5.56. The topological polar surface area (TPSA) is 67.9 Å². The molecule has 1 heterocycles. The summed E-state index contributed by atoms with van der Waals surface area (Å²) in [6, 6.07) is 8.57. The second-order valence-electron chi connectivity index (χ2n) is 6.66. The van der Waals surface area contributed by atoms with Gasteiger partial charge in [-0.3, -0.25) is 13.8 Å². The highest BCUT2D eigenvalue weighted by molar-refractivity contribution is 7.81. The van der Waals surface area contributed by atoms with Gasteiger partial charge in [-0.25, -0.2) is 4.57 Å². The fraction of sp³-hybridized carbons (Fsp3) is 0.588. The summed E-state index contributed by atoms with van der Waals surface area (Å²) in [6.07, 6.45) is -0.0999. The molecule has 1 amide bonds. The van der Waals surface area contributed by atoms with Crippen LogP contribution in [0.1, 0.15) is 34.1 Å². The van der Waals surface area contributed by atoms with Crippen molar-refractivity contribution in [1.82, 2.24) is 4.67 Å². The van der Waals surface area contributed by atoms with E-state index in [4.69, 9.17) is 9.05 Å². The first-order valence-electron chi connectivity index (χ1n) is 8.49. The van der Waals surface area contributed by atoms with E-state index in [-0.39, 0.29) is 23.4 Å². The van der Waals surface area contributed by atoms with E-state index in [1.54, 1.807) is 32.4 Å². The number of hydrogen-bond acceptors (Lipinski definition) is 5. The summed E-state index contributed by atoms with van der Waals surface area (Å²) in [5, 5.41) is 2.79. The predicted octanol–water partition coefficient (Wildman–Crippen LogP) is 3.96. The van der Waals surface area contributed by atoms with Crippen molar-refractivity contribution < 1.29 is 18.4 Å². The van der Waals surface area contributed by atoms with Gasteiger partial charge in [0, 0.05) is 17.5 Å². The van der Waals surface area contributed by atoms with Gasteiger partial charge in [-0.1, -0.05) is 18.2 Å². The van der Waals surface area contributed by atoms with Crippen LogP contribution >= 0.6 is 20.4 Å². The lowest BCUT2D eigenvalue weighted by molar-refractivity contribution is -0.119. The molecule has 1 aliphatic rings. The minimum absolute atomic E-state index is 0.0774. The van der Waals surface area contributed by atoms with Crippen molar-refractivity contribution in [2.45, 2.75) is 57.6 Å². The van der Waals surface area contributed by atoms with Crippen LogP contribution in [0.3, 0.4) is 0 Å². The maximum atomic E-state index is 13.4. The normalized spacial score (nSPS) is 21.9. The minimum atomic E-state index is -3.61. The molecule has 0 bridgehead atoms. The smallest absolute Gasteiger partial charge is 0.325 e. The zero-order chi connectivity index (χ0) is 18.6. The summed E-state index contributed by atoms with van der Waals surface area (Å²) in [7, 11) is -3.61. The van der Waals surface area contributed by atoms with Crippen molar-refractivity contribution in [3.63, 3.8) is 0 Å². The van der Waals surface area contributed by atoms with E-state index < -0.39 is 13.8 Å². The Morgan fingerprint density at radius 2 is 1.76 bits per heavy atom. The monoisotopic (exact) mass is 386 g/mol. The van der Waals surface area contributed by atoms with Crippen LogP contribution in [0.2, 0.25) is 0 Å². The molecule has 0 aliphatic carbocycles. The van der Waals surface area contributed by atoms with Gasteiger partial charge in [0.2, 0.25) is 5.91 Å². The summed E-state index contributed by atoms with van der Waals surface area (Å²) >= 11 is 4.49. The zero-order valence-corrected chi connectivity index (χ0v) is 16.9. The molecule has 1 fully saturated rings. The second-order valence-corrected chi connectivity index (χ2v) is 9.26. The molecule has 25 heavy (non-hydrogen) atoms. The van der Waals surface area contributed by atoms with E-state index in [0.29, 0.717) is 18.7 Å². The number of rotatable bonds is 7. The Morgan fingerprint density at radius 1 is 1.20 bits per heavy atom. The number of hydrogen-bond donors (Lipinski definition) is 2. The number of amides is 1. The molecule has 1 aliphatic heterocycles. The molecule has 6 nitrogen and oxygen atoms in total. The van der Waals surface area contributed by atoms with Gasteiger partial charge >= 0.3 is 7.75 Å². The predicted molar refractivity (Wildman–Crippen MR) is 103 cm³/mol. The largest absolute Gasteiger partial charge is 0.409 e. The molecule has 140 valence electrons. The van der Waals surface area contributed by atoms with Gasteiger partial charge in [-0.2, -0.15) is 17.3 Å². The Balaban J connectivity index is 2.23. The Morgan fingerprint density at radius 3 is 2.28 bits per heavy atom. The number of benzene rings is 1. The number of nitrogens with one attached hydrogen (secondary N) is 1. The molecular weight excluding hydrogens is 359 g/mol. The van der Waals surface area contributed by atoms with E-state index in [1.165, 1.54) is 0 Å². The first kappa shape index (κ1) is 20.5.